The van der Waals surface area contributed by atoms with E-state index < -0.39 is 0 Å². The molecule has 0 spiro atoms. The third-order valence-corrected chi connectivity index (χ3v) is 2.86. The third kappa shape index (κ3) is 3.50. The molecule has 0 saturated carbocycles. The zero-order chi connectivity index (χ0) is 11.9. The van der Waals surface area contributed by atoms with Crippen LogP contribution < -0.4 is 0 Å². The van der Waals surface area contributed by atoms with Crippen LogP contribution in [0.25, 0.3) is 17.2 Å². The van der Waals surface area contributed by atoms with Crippen LogP contribution in [0, 0.1) is 0 Å². The Labute approximate surface area is 108 Å². The van der Waals surface area contributed by atoms with Crippen molar-refractivity contribution < 1.29 is 0 Å². The Hall–Kier alpha value is -1.47. The first kappa shape index (κ1) is 12.0. The summed E-state index contributed by atoms with van der Waals surface area (Å²) in [6, 6.07) is 19.0. The normalized spacial score (nSPS) is 10.9. The monoisotopic (exact) mass is 240 g/mol. The van der Waals surface area contributed by atoms with Crippen LogP contribution in [-0.4, -0.2) is 5.75 Å². The maximum absolute atomic E-state index is 4.19. The summed E-state index contributed by atoms with van der Waals surface area (Å²) < 4.78 is 0. The molecule has 17 heavy (non-hydrogen) atoms. The van der Waals surface area contributed by atoms with E-state index in [1.54, 1.807) is 0 Å². The maximum atomic E-state index is 4.19. The van der Waals surface area contributed by atoms with Crippen LogP contribution in [0.5, 0.6) is 0 Å². The number of hydrogen-bond acceptors (Lipinski definition) is 1. The smallest absolute Gasteiger partial charge is 0.00632 e. The van der Waals surface area contributed by atoms with Crippen LogP contribution in [0.15, 0.2) is 60.7 Å². The van der Waals surface area contributed by atoms with E-state index in [-0.39, 0.29) is 0 Å². The van der Waals surface area contributed by atoms with Crippen molar-refractivity contribution in [3.05, 3.63) is 66.2 Å². The van der Waals surface area contributed by atoms with E-state index in [2.05, 4.69) is 73.3 Å². The first-order chi connectivity index (χ1) is 8.40. The predicted octanol–water partition coefficient (Wildman–Crippen LogP) is 4.69. The molecular weight excluding hydrogens is 224 g/mol. The molecule has 0 aromatic heterocycles. The van der Waals surface area contributed by atoms with Crippen molar-refractivity contribution in [2.75, 3.05) is 5.75 Å². The molecule has 0 saturated heterocycles. The molecule has 0 fully saturated rings. The van der Waals surface area contributed by atoms with Crippen molar-refractivity contribution >= 4 is 18.7 Å². The average molecular weight is 240 g/mol. The summed E-state index contributed by atoms with van der Waals surface area (Å²) in [4.78, 5) is 0. The zero-order valence-electron chi connectivity index (χ0n) is 9.71. The van der Waals surface area contributed by atoms with Gasteiger partial charge in [-0.2, -0.15) is 12.6 Å². The Kier molecular flexibility index (Phi) is 4.45. The quantitative estimate of drug-likeness (QED) is 0.737. The number of thiol groups is 1. The van der Waals surface area contributed by atoms with E-state index >= 15 is 0 Å². The highest BCUT2D eigenvalue weighted by atomic mass is 32.1. The van der Waals surface area contributed by atoms with Gasteiger partial charge in [-0.3, -0.25) is 0 Å². The van der Waals surface area contributed by atoms with E-state index in [0.717, 1.165) is 12.2 Å². The number of allylic oxidation sites excluding steroid dienone is 1. The van der Waals surface area contributed by atoms with Gasteiger partial charge in [0.2, 0.25) is 0 Å². The van der Waals surface area contributed by atoms with Crippen LogP contribution in [0.2, 0.25) is 0 Å². The van der Waals surface area contributed by atoms with Crippen molar-refractivity contribution in [2.45, 2.75) is 6.42 Å². The molecule has 0 nitrogen and oxygen atoms in total. The van der Waals surface area contributed by atoms with Crippen molar-refractivity contribution in [3.8, 4) is 11.1 Å². The van der Waals surface area contributed by atoms with Gasteiger partial charge in [0.1, 0.15) is 0 Å². The summed E-state index contributed by atoms with van der Waals surface area (Å²) in [5.41, 5.74) is 3.77. The molecule has 2 aromatic carbocycles. The Morgan fingerprint density at radius 2 is 1.65 bits per heavy atom. The molecule has 0 amide bonds. The van der Waals surface area contributed by atoms with E-state index in [9.17, 15) is 0 Å². The molecule has 0 aliphatic heterocycles. The Bertz CT molecular complexity index is 486. The van der Waals surface area contributed by atoms with Gasteiger partial charge in [0.15, 0.2) is 0 Å². The van der Waals surface area contributed by atoms with Gasteiger partial charge in [-0.15, -0.1) is 0 Å². The highest BCUT2D eigenvalue weighted by Crippen LogP contribution is 2.20. The van der Waals surface area contributed by atoms with Crippen molar-refractivity contribution in [1.82, 2.24) is 0 Å². The van der Waals surface area contributed by atoms with Gasteiger partial charge in [-0.05, 0) is 34.9 Å². The molecule has 0 unspecified atom stereocenters. The van der Waals surface area contributed by atoms with Gasteiger partial charge in [-0.25, -0.2) is 0 Å². The SMILES string of the molecule is SCCC=Cc1cccc(-c2ccccc2)c1. The third-order valence-electron chi connectivity index (χ3n) is 2.60. The number of benzene rings is 2. The minimum atomic E-state index is 0.898. The van der Waals surface area contributed by atoms with Gasteiger partial charge < -0.3 is 0 Å². The lowest BCUT2D eigenvalue weighted by Gasteiger charge is -2.02. The molecule has 2 rings (SSSR count). The standard InChI is InChI=1S/C16H16S/c17-12-5-4-7-14-8-6-11-16(13-14)15-9-2-1-3-10-15/h1-4,6-11,13,17H,5,12H2. The second-order valence-electron chi connectivity index (χ2n) is 3.91. The van der Waals surface area contributed by atoms with E-state index in [4.69, 9.17) is 0 Å². The minimum Gasteiger partial charge on any atom is -0.179 e. The molecular formula is C16H16S. The van der Waals surface area contributed by atoms with Crippen molar-refractivity contribution in [2.24, 2.45) is 0 Å². The fourth-order valence-corrected chi connectivity index (χ4v) is 1.90. The molecule has 1 heteroatoms. The Balaban J connectivity index is 2.23. The summed E-state index contributed by atoms with van der Waals surface area (Å²) in [5.74, 6) is 0.898. The van der Waals surface area contributed by atoms with E-state index in [1.165, 1.54) is 16.7 Å². The molecule has 86 valence electrons. The van der Waals surface area contributed by atoms with Gasteiger partial charge in [0, 0.05) is 0 Å². The summed E-state index contributed by atoms with van der Waals surface area (Å²) in [6.07, 6.45) is 5.33. The molecule has 0 heterocycles. The van der Waals surface area contributed by atoms with Gasteiger partial charge >= 0.3 is 0 Å². The lowest BCUT2D eigenvalue weighted by atomic mass is 10.0. The second kappa shape index (κ2) is 6.31. The van der Waals surface area contributed by atoms with Crippen LogP contribution in [0.4, 0.5) is 0 Å². The fraction of sp³-hybridized carbons (Fsp3) is 0.125. The largest absolute Gasteiger partial charge is 0.179 e. The maximum Gasteiger partial charge on any atom is -0.00632 e. The highest BCUT2D eigenvalue weighted by molar-refractivity contribution is 7.80. The van der Waals surface area contributed by atoms with Crippen LogP contribution >= 0.6 is 12.6 Å². The Morgan fingerprint density at radius 3 is 2.41 bits per heavy atom. The number of rotatable bonds is 4. The van der Waals surface area contributed by atoms with Crippen molar-refractivity contribution in [3.63, 3.8) is 0 Å². The lowest BCUT2D eigenvalue weighted by molar-refractivity contribution is 1.26. The van der Waals surface area contributed by atoms with Crippen LogP contribution in [0.3, 0.4) is 0 Å². The Morgan fingerprint density at radius 1 is 0.882 bits per heavy atom. The van der Waals surface area contributed by atoms with E-state index in [1.807, 2.05) is 6.07 Å². The van der Waals surface area contributed by atoms with Crippen molar-refractivity contribution in [1.29, 1.82) is 0 Å². The molecule has 0 aliphatic carbocycles. The lowest BCUT2D eigenvalue weighted by Crippen LogP contribution is -1.78. The summed E-state index contributed by atoms with van der Waals surface area (Å²) in [6.45, 7) is 0. The zero-order valence-corrected chi connectivity index (χ0v) is 10.6. The topological polar surface area (TPSA) is 0 Å². The fourth-order valence-electron chi connectivity index (χ4n) is 1.75. The summed E-state index contributed by atoms with van der Waals surface area (Å²) >= 11 is 4.19. The van der Waals surface area contributed by atoms with E-state index in [0.29, 0.717) is 0 Å². The molecule has 2 aromatic rings. The first-order valence-corrected chi connectivity index (χ1v) is 6.46. The molecule has 0 bridgehead atoms. The number of hydrogen-bond donors (Lipinski definition) is 1. The van der Waals surface area contributed by atoms with Gasteiger partial charge in [0.05, 0.1) is 0 Å². The molecule has 0 atom stereocenters. The molecule has 0 N–H and O–H groups in total. The minimum absolute atomic E-state index is 0.898. The average Bonchev–Trinajstić information content (AvgIpc) is 2.41. The van der Waals surface area contributed by atoms with Gasteiger partial charge in [0.25, 0.3) is 0 Å². The highest BCUT2D eigenvalue weighted by Gasteiger charge is 1.96. The predicted molar refractivity (Wildman–Crippen MR) is 79.4 cm³/mol. The van der Waals surface area contributed by atoms with Gasteiger partial charge in [-0.1, -0.05) is 60.7 Å². The molecule has 0 radical (unpaired) electrons. The van der Waals surface area contributed by atoms with Crippen LogP contribution in [0.1, 0.15) is 12.0 Å². The second-order valence-corrected chi connectivity index (χ2v) is 4.35. The summed E-state index contributed by atoms with van der Waals surface area (Å²) in [7, 11) is 0. The summed E-state index contributed by atoms with van der Waals surface area (Å²) in [5, 5.41) is 0. The first-order valence-electron chi connectivity index (χ1n) is 5.83. The molecule has 0 aliphatic rings. The van der Waals surface area contributed by atoms with Crippen LogP contribution in [-0.2, 0) is 0 Å².